The third-order valence-corrected chi connectivity index (χ3v) is 4.27. The van der Waals surface area contributed by atoms with Crippen LogP contribution in [0.1, 0.15) is 63.3 Å². The average Bonchev–Trinajstić information content (AvgIpc) is 2.44. The minimum atomic E-state index is 0.249. The zero-order chi connectivity index (χ0) is 14.5. The van der Waals surface area contributed by atoms with E-state index in [-0.39, 0.29) is 5.41 Å². The Hall–Kier alpha value is -0.820. The Bertz CT molecular complexity index is 379. The van der Waals surface area contributed by atoms with Crippen LogP contribution in [-0.2, 0) is 25.7 Å². The van der Waals surface area contributed by atoms with Crippen molar-refractivity contribution in [2.45, 2.75) is 66.7 Å². The Morgan fingerprint density at radius 3 is 1.84 bits per heavy atom. The van der Waals surface area contributed by atoms with Crippen LogP contribution in [0.3, 0.4) is 0 Å². The number of aryl methyl sites for hydroxylation is 3. The molecule has 0 fully saturated rings. The summed E-state index contributed by atoms with van der Waals surface area (Å²) in [6.45, 7) is 12.1. The number of benzene rings is 1. The Morgan fingerprint density at radius 1 is 0.947 bits per heavy atom. The second-order valence-corrected chi connectivity index (χ2v) is 6.32. The molecule has 0 aromatic heterocycles. The predicted molar refractivity (Wildman–Crippen MR) is 85.7 cm³/mol. The lowest BCUT2D eigenvalue weighted by atomic mass is 9.83. The Balaban J connectivity index is 3.04. The lowest BCUT2D eigenvalue weighted by molar-refractivity contribution is 0.347. The minimum absolute atomic E-state index is 0.249. The summed E-state index contributed by atoms with van der Waals surface area (Å²) in [5.74, 6) is 0. The van der Waals surface area contributed by atoms with Gasteiger partial charge in [0.1, 0.15) is 0 Å². The van der Waals surface area contributed by atoms with E-state index in [1.54, 1.807) is 16.7 Å². The van der Waals surface area contributed by atoms with Crippen molar-refractivity contribution >= 4 is 0 Å². The number of rotatable bonds is 7. The zero-order valence-electron chi connectivity index (χ0n) is 13.5. The highest BCUT2D eigenvalue weighted by atomic mass is 14.6. The van der Waals surface area contributed by atoms with Gasteiger partial charge in [-0.05, 0) is 66.3 Å². The van der Waals surface area contributed by atoms with Crippen LogP contribution in [0.15, 0.2) is 12.1 Å². The summed E-state index contributed by atoms with van der Waals surface area (Å²) >= 11 is 0. The van der Waals surface area contributed by atoms with E-state index in [0.29, 0.717) is 0 Å². The second kappa shape index (κ2) is 7.09. The van der Waals surface area contributed by atoms with Gasteiger partial charge in [0.25, 0.3) is 0 Å². The van der Waals surface area contributed by atoms with Gasteiger partial charge in [-0.25, -0.2) is 0 Å². The fourth-order valence-electron chi connectivity index (χ4n) is 2.59. The maximum absolute atomic E-state index is 5.86. The van der Waals surface area contributed by atoms with E-state index in [2.05, 4.69) is 46.8 Å². The molecule has 0 aliphatic rings. The first-order valence-corrected chi connectivity index (χ1v) is 7.81. The highest BCUT2D eigenvalue weighted by molar-refractivity contribution is 5.40. The fraction of sp³-hybridized carbons (Fsp3) is 0.667. The first-order chi connectivity index (χ1) is 8.97. The normalized spacial score (nSPS) is 11.9. The van der Waals surface area contributed by atoms with Gasteiger partial charge >= 0.3 is 0 Å². The molecule has 0 aliphatic heterocycles. The van der Waals surface area contributed by atoms with Gasteiger partial charge < -0.3 is 5.73 Å². The van der Waals surface area contributed by atoms with Crippen LogP contribution in [0.5, 0.6) is 0 Å². The van der Waals surface area contributed by atoms with E-state index >= 15 is 0 Å². The first kappa shape index (κ1) is 16.2. The largest absolute Gasteiger partial charge is 0.330 e. The van der Waals surface area contributed by atoms with E-state index in [1.165, 1.54) is 18.4 Å². The highest BCUT2D eigenvalue weighted by Crippen LogP contribution is 2.26. The van der Waals surface area contributed by atoms with Crippen LogP contribution in [0.4, 0.5) is 0 Å². The van der Waals surface area contributed by atoms with E-state index < -0.39 is 0 Å². The quantitative estimate of drug-likeness (QED) is 0.778. The smallest absolute Gasteiger partial charge is 0.00257 e. The van der Waals surface area contributed by atoms with Gasteiger partial charge in [0.15, 0.2) is 0 Å². The Kier molecular flexibility index (Phi) is 6.06. The van der Waals surface area contributed by atoms with Crippen molar-refractivity contribution in [2.75, 3.05) is 6.54 Å². The summed E-state index contributed by atoms with van der Waals surface area (Å²) in [7, 11) is 0. The third-order valence-electron chi connectivity index (χ3n) is 4.27. The summed E-state index contributed by atoms with van der Waals surface area (Å²) in [6, 6.07) is 4.81. The molecule has 1 aromatic carbocycles. The van der Waals surface area contributed by atoms with Crippen molar-refractivity contribution in [1.29, 1.82) is 0 Å². The highest BCUT2D eigenvalue weighted by Gasteiger charge is 2.17. The maximum Gasteiger partial charge on any atom is -0.00257 e. The molecule has 0 aliphatic carbocycles. The minimum Gasteiger partial charge on any atom is -0.330 e. The van der Waals surface area contributed by atoms with Crippen LogP contribution < -0.4 is 5.73 Å². The first-order valence-electron chi connectivity index (χ1n) is 7.81. The van der Waals surface area contributed by atoms with E-state index in [1.807, 2.05) is 0 Å². The van der Waals surface area contributed by atoms with Crippen LogP contribution in [-0.4, -0.2) is 6.54 Å². The summed E-state index contributed by atoms with van der Waals surface area (Å²) in [6.07, 6.45) is 5.75. The molecule has 0 saturated heterocycles. The van der Waals surface area contributed by atoms with Gasteiger partial charge in [-0.2, -0.15) is 0 Å². The molecule has 0 spiro atoms. The summed E-state index contributed by atoms with van der Waals surface area (Å²) in [5, 5.41) is 0. The molecule has 0 radical (unpaired) electrons. The van der Waals surface area contributed by atoms with Gasteiger partial charge in [-0.3, -0.25) is 0 Å². The molecule has 0 saturated carbocycles. The van der Waals surface area contributed by atoms with Gasteiger partial charge in [0.05, 0.1) is 0 Å². The average molecular weight is 261 g/mol. The summed E-state index contributed by atoms with van der Waals surface area (Å²) in [5.41, 5.74) is 12.3. The topological polar surface area (TPSA) is 26.0 Å². The summed E-state index contributed by atoms with van der Waals surface area (Å²) in [4.78, 5) is 0. The van der Waals surface area contributed by atoms with E-state index in [0.717, 1.165) is 25.8 Å². The molecule has 2 N–H and O–H groups in total. The van der Waals surface area contributed by atoms with Crippen molar-refractivity contribution in [3.05, 3.63) is 34.4 Å². The van der Waals surface area contributed by atoms with Crippen LogP contribution in [0, 0.1) is 5.41 Å². The molecule has 0 unspecified atom stereocenters. The molecule has 0 atom stereocenters. The standard InChI is InChI=1S/C18H31N/c1-6-14-11-15(7-2)17(16(8-3)12-14)9-10-18(4,5)13-19/h11-12H,6-10,13,19H2,1-5H3. The van der Waals surface area contributed by atoms with Crippen molar-refractivity contribution in [2.24, 2.45) is 11.1 Å². The molecular formula is C18H31N. The maximum atomic E-state index is 5.86. The number of nitrogens with two attached hydrogens (primary N) is 1. The lowest BCUT2D eigenvalue weighted by Crippen LogP contribution is -2.24. The molecule has 0 amide bonds. The second-order valence-electron chi connectivity index (χ2n) is 6.32. The SMILES string of the molecule is CCc1cc(CC)c(CCC(C)(C)CN)c(CC)c1. The fourth-order valence-corrected chi connectivity index (χ4v) is 2.59. The lowest BCUT2D eigenvalue weighted by Gasteiger charge is -2.24. The van der Waals surface area contributed by atoms with Crippen molar-refractivity contribution in [3.63, 3.8) is 0 Å². The molecule has 1 aromatic rings. The number of hydrogen-bond acceptors (Lipinski definition) is 1. The zero-order valence-corrected chi connectivity index (χ0v) is 13.5. The molecule has 1 rings (SSSR count). The monoisotopic (exact) mass is 261 g/mol. The molecule has 0 bridgehead atoms. The molecule has 19 heavy (non-hydrogen) atoms. The predicted octanol–water partition coefficient (Wildman–Crippen LogP) is 4.29. The van der Waals surface area contributed by atoms with Crippen molar-refractivity contribution in [3.8, 4) is 0 Å². The van der Waals surface area contributed by atoms with E-state index in [9.17, 15) is 0 Å². The molecule has 1 nitrogen and oxygen atoms in total. The Labute approximate surface area is 119 Å². The summed E-state index contributed by atoms with van der Waals surface area (Å²) < 4.78 is 0. The molecule has 108 valence electrons. The van der Waals surface area contributed by atoms with Crippen LogP contribution >= 0.6 is 0 Å². The van der Waals surface area contributed by atoms with Crippen molar-refractivity contribution < 1.29 is 0 Å². The third kappa shape index (κ3) is 4.35. The van der Waals surface area contributed by atoms with E-state index in [4.69, 9.17) is 5.73 Å². The molecular weight excluding hydrogens is 230 g/mol. The van der Waals surface area contributed by atoms with Gasteiger partial charge in [0.2, 0.25) is 0 Å². The molecule has 1 heteroatoms. The molecule has 0 heterocycles. The van der Waals surface area contributed by atoms with Gasteiger partial charge in [0, 0.05) is 0 Å². The van der Waals surface area contributed by atoms with Crippen molar-refractivity contribution in [1.82, 2.24) is 0 Å². The Morgan fingerprint density at radius 2 is 1.47 bits per heavy atom. The van der Waals surface area contributed by atoms with Crippen LogP contribution in [0.2, 0.25) is 0 Å². The van der Waals surface area contributed by atoms with Gasteiger partial charge in [-0.1, -0.05) is 46.8 Å². The van der Waals surface area contributed by atoms with Crippen LogP contribution in [0.25, 0.3) is 0 Å². The number of hydrogen-bond donors (Lipinski definition) is 1. The van der Waals surface area contributed by atoms with Gasteiger partial charge in [-0.15, -0.1) is 0 Å².